The van der Waals surface area contributed by atoms with Crippen LogP contribution in [-0.4, -0.2) is 60.7 Å². The molecule has 0 spiro atoms. The molecule has 2 N–H and O–H groups in total. The molecule has 6 nitrogen and oxygen atoms in total. The van der Waals surface area contributed by atoms with E-state index in [0.717, 1.165) is 4.31 Å². The van der Waals surface area contributed by atoms with Crippen LogP contribution in [0.15, 0.2) is 0 Å². The zero-order valence-electron chi connectivity index (χ0n) is 9.17. The summed E-state index contributed by atoms with van der Waals surface area (Å²) in [6, 6.07) is 0. The maximum Gasteiger partial charge on any atom is 0.335 e. The minimum atomic E-state index is -4.25. The Morgan fingerprint density at radius 2 is 2.12 bits per heavy atom. The largest absolute Gasteiger partial charge is 0.389 e. The van der Waals surface area contributed by atoms with Crippen molar-refractivity contribution < 1.29 is 22.8 Å². The van der Waals surface area contributed by atoms with Crippen molar-refractivity contribution in [1.29, 1.82) is 0 Å². The SMILES string of the molecule is CCN(C[C@H](O)COCCCCl)S(=O)(=O)O. The average molecular weight is 276 g/mol. The maximum absolute atomic E-state index is 10.8. The van der Waals surface area contributed by atoms with Gasteiger partial charge in [0.05, 0.1) is 12.7 Å². The molecule has 0 radical (unpaired) electrons. The van der Waals surface area contributed by atoms with Crippen LogP contribution in [0, 0.1) is 0 Å². The Kier molecular flexibility index (Phi) is 8.25. The lowest BCUT2D eigenvalue weighted by atomic mass is 10.4. The number of aliphatic hydroxyl groups excluding tert-OH is 1. The Balaban J connectivity index is 3.88. The molecule has 0 amide bonds. The predicted molar refractivity (Wildman–Crippen MR) is 61.0 cm³/mol. The highest BCUT2D eigenvalue weighted by Gasteiger charge is 2.20. The van der Waals surface area contributed by atoms with E-state index in [0.29, 0.717) is 18.9 Å². The molecule has 16 heavy (non-hydrogen) atoms. The van der Waals surface area contributed by atoms with Crippen molar-refractivity contribution in [2.24, 2.45) is 0 Å². The van der Waals surface area contributed by atoms with Crippen LogP contribution < -0.4 is 0 Å². The molecule has 98 valence electrons. The number of alkyl halides is 1. The zero-order chi connectivity index (χ0) is 12.6. The van der Waals surface area contributed by atoms with Crippen LogP contribution >= 0.6 is 11.6 Å². The van der Waals surface area contributed by atoms with Crippen LogP contribution in [-0.2, 0) is 15.0 Å². The Bertz CT molecular complexity index is 272. The Labute approximate surface area is 101 Å². The molecular weight excluding hydrogens is 258 g/mol. The van der Waals surface area contributed by atoms with Crippen LogP contribution in [0.2, 0.25) is 0 Å². The van der Waals surface area contributed by atoms with Gasteiger partial charge in [-0.2, -0.15) is 12.7 Å². The smallest absolute Gasteiger partial charge is 0.335 e. The molecule has 0 unspecified atom stereocenters. The zero-order valence-corrected chi connectivity index (χ0v) is 10.7. The Hall–Kier alpha value is 0.0800. The highest BCUT2D eigenvalue weighted by atomic mass is 35.5. The van der Waals surface area contributed by atoms with Gasteiger partial charge in [0.1, 0.15) is 0 Å². The van der Waals surface area contributed by atoms with Gasteiger partial charge in [-0.25, -0.2) is 0 Å². The molecule has 0 rings (SSSR count). The summed E-state index contributed by atoms with van der Waals surface area (Å²) in [5, 5.41) is 9.44. The monoisotopic (exact) mass is 275 g/mol. The summed E-state index contributed by atoms with van der Waals surface area (Å²) in [5.41, 5.74) is 0. The van der Waals surface area contributed by atoms with Crippen molar-refractivity contribution in [3.8, 4) is 0 Å². The number of ether oxygens (including phenoxy) is 1. The molecule has 0 aromatic carbocycles. The second kappa shape index (κ2) is 8.21. The maximum atomic E-state index is 10.8. The average Bonchev–Trinajstić information content (AvgIpc) is 2.19. The molecule has 0 saturated carbocycles. The summed E-state index contributed by atoms with van der Waals surface area (Å²) >= 11 is 5.42. The van der Waals surface area contributed by atoms with E-state index in [2.05, 4.69) is 0 Å². The van der Waals surface area contributed by atoms with Crippen LogP contribution in [0.4, 0.5) is 0 Å². The van der Waals surface area contributed by atoms with Crippen molar-refractivity contribution in [1.82, 2.24) is 4.31 Å². The first-order chi connectivity index (χ1) is 7.41. The molecular formula is C8H18ClNO5S. The topological polar surface area (TPSA) is 87.1 Å². The van der Waals surface area contributed by atoms with E-state index in [4.69, 9.17) is 20.9 Å². The number of nitrogens with zero attached hydrogens (tertiary/aromatic N) is 1. The molecule has 0 bridgehead atoms. The number of likely N-dealkylation sites (N-methyl/N-ethyl adjacent to an activating group) is 1. The van der Waals surface area contributed by atoms with Gasteiger partial charge < -0.3 is 9.84 Å². The third-order valence-corrected chi connectivity index (χ3v) is 3.15. The van der Waals surface area contributed by atoms with Crippen LogP contribution in [0.25, 0.3) is 0 Å². The molecule has 0 aromatic heterocycles. The van der Waals surface area contributed by atoms with E-state index in [1.165, 1.54) is 0 Å². The molecule has 0 aromatic rings. The van der Waals surface area contributed by atoms with E-state index in [1.807, 2.05) is 0 Å². The highest BCUT2D eigenvalue weighted by molar-refractivity contribution is 7.83. The van der Waals surface area contributed by atoms with Crippen molar-refractivity contribution in [3.63, 3.8) is 0 Å². The molecule has 0 saturated heterocycles. The summed E-state index contributed by atoms with van der Waals surface area (Å²) in [4.78, 5) is 0. The molecule has 0 aliphatic rings. The molecule has 0 fully saturated rings. The normalized spacial score (nSPS) is 14.3. The fraction of sp³-hybridized carbons (Fsp3) is 1.00. The summed E-state index contributed by atoms with van der Waals surface area (Å²) in [7, 11) is -4.25. The predicted octanol–water partition coefficient (Wildman–Crippen LogP) is 0.118. The van der Waals surface area contributed by atoms with Gasteiger partial charge in [-0.15, -0.1) is 11.6 Å². The van der Waals surface area contributed by atoms with Gasteiger partial charge in [-0.3, -0.25) is 4.55 Å². The number of hydrogen-bond acceptors (Lipinski definition) is 4. The minimum absolute atomic E-state index is 0.0168. The number of aliphatic hydroxyl groups is 1. The highest BCUT2D eigenvalue weighted by Crippen LogP contribution is 2.00. The van der Waals surface area contributed by atoms with Crippen molar-refractivity contribution >= 4 is 21.9 Å². The number of hydrogen-bond donors (Lipinski definition) is 2. The molecule has 0 heterocycles. The molecule has 0 aliphatic carbocycles. The van der Waals surface area contributed by atoms with Gasteiger partial charge in [0.15, 0.2) is 0 Å². The van der Waals surface area contributed by atoms with E-state index < -0.39 is 16.4 Å². The standard InChI is InChI=1S/C8H18ClNO5S/c1-2-10(16(12,13)14)6-8(11)7-15-5-3-4-9/h8,11H,2-7H2,1H3,(H,12,13,14)/t8-/m0/s1. The fourth-order valence-corrected chi connectivity index (χ4v) is 1.85. The first-order valence-electron chi connectivity index (χ1n) is 4.96. The molecule has 1 atom stereocenters. The number of halogens is 1. The van der Waals surface area contributed by atoms with Crippen molar-refractivity contribution in [2.45, 2.75) is 19.4 Å². The summed E-state index contributed by atoms with van der Waals surface area (Å²) in [6.07, 6.45) is -0.290. The molecule has 0 aliphatic heterocycles. The lowest BCUT2D eigenvalue weighted by Gasteiger charge is -2.19. The van der Waals surface area contributed by atoms with Gasteiger partial charge in [-0.1, -0.05) is 6.92 Å². The van der Waals surface area contributed by atoms with Crippen LogP contribution in [0.1, 0.15) is 13.3 Å². The van der Waals surface area contributed by atoms with E-state index in [9.17, 15) is 13.5 Å². The van der Waals surface area contributed by atoms with E-state index >= 15 is 0 Å². The van der Waals surface area contributed by atoms with Crippen LogP contribution in [0.3, 0.4) is 0 Å². The molecule has 8 heteroatoms. The van der Waals surface area contributed by atoms with Crippen LogP contribution in [0.5, 0.6) is 0 Å². The second-order valence-corrected chi connectivity index (χ2v) is 4.99. The summed E-state index contributed by atoms with van der Waals surface area (Å²) < 4.78 is 36.2. The Morgan fingerprint density at radius 1 is 1.50 bits per heavy atom. The van der Waals surface area contributed by atoms with Gasteiger partial charge in [0.25, 0.3) is 0 Å². The van der Waals surface area contributed by atoms with E-state index in [1.54, 1.807) is 6.92 Å². The minimum Gasteiger partial charge on any atom is -0.389 e. The Morgan fingerprint density at radius 3 is 2.56 bits per heavy atom. The van der Waals surface area contributed by atoms with E-state index in [-0.39, 0.29) is 19.7 Å². The first-order valence-corrected chi connectivity index (χ1v) is 6.89. The summed E-state index contributed by atoms with van der Waals surface area (Å²) in [6.45, 7) is 1.91. The summed E-state index contributed by atoms with van der Waals surface area (Å²) in [5.74, 6) is 0.474. The van der Waals surface area contributed by atoms with Crippen molar-refractivity contribution in [3.05, 3.63) is 0 Å². The second-order valence-electron chi connectivity index (χ2n) is 3.20. The van der Waals surface area contributed by atoms with Gasteiger partial charge in [-0.05, 0) is 6.42 Å². The lowest BCUT2D eigenvalue weighted by Crippen LogP contribution is -2.38. The van der Waals surface area contributed by atoms with Crippen molar-refractivity contribution in [2.75, 3.05) is 32.2 Å². The third kappa shape index (κ3) is 7.37. The quantitative estimate of drug-likeness (QED) is 0.354. The van der Waals surface area contributed by atoms with Gasteiger partial charge in [0.2, 0.25) is 0 Å². The first kappa shape index (κ1) is 16.1. The third-order valence-electron chi connectivity index (χ3n) is 1.83. The lowest BCUT2D eigenvalue weighted by molar-refractivity contribution is 0.0278. The van der Waals surface area contributed by atoms with Gasteiger partial charge >= 0.3 is 10.3 Å². The fourth-order valence-electron chi connectivity index (χ4n) is 1.05. The number of rotatable bonds is 9. The van der Waals surface area contributed by atoms with Gasteiger partial charge in [0, 0.05) is 25.6 Å².